The van der Waals surface area contributed by atoms with Gasteiger partial charge in [-0.2, -0.15) is 0 Å². The van der Waals surface area contributed by atoms with Gasteiger partial charge < -0.3 is 18.6 Å². The van der Waals surface area contributed by atoms with Crippen LogP contribution in [0.1, 0.15) is 79.0 Å². The van der Waals surface area contributed by atoms with Crippen LogP contribution < -0.4 is 42.3 Å². The van der Waals surface area contributed by atoms with Gasteiger partial charge in [-0.1, -0.05) is 202 Å². The van der Waals surface area contributed by atoms with Crippen molar-refractivity contribution in [2.24, 2.45) is 0 Å². The molecule has 0 N–H and O–H groups in total. The molecule has 2 aromatic heterocycles. The first-order valence-corrected chi connectivity index (χ1v) is 27.9. The molecule has 4 aliphatic rings. The number of fused-ring (bicyclic) bond motifs is 16. The van der Waals surface area contributed by atoms with Crippen LogP contribution in [0.5, 0.6) is 23.0 Å². The maximum Gasteiger partial charge on any atom is 0.256 e. The average molecular weight is 1000 g/mol. The van der Waals surface area contributed by atoms with Crippen molar-refractivity contribution < 1.29 is 9.47 Å². The van der Waals surface area contributed by atoms with Crippen LogP contribution in [0.3, 0.4) is 0 Å². The van der Waals surface area contributed by atoms with E-state index < -0.39 is 0 Å². The topological polar surface area (TPSA) is 28.3 Å². The SMILES string of the molecule is CC(C)(C)c1ccc2c(c1)B1c3c(c4c5c(c3-n3c6ccc(C(C)(C)C)cc6c6cc(C(C)(C)C)cc1c63)Oc1ccc(-c3ccccc3)cc1B5c1cc(-c3ccccc3)cc3c5cc(-c6ccccc6)ccc5n-4c13)O2. The molecule has 0 atom stereocenters. The predicted molar refractivity (Wildman–Crippen MR) is 330 cm³/mol. The largest absolute Gasteiger partial charge is 0.456 e. The van der Waals surface area contributed by atoms with Crippen molar-refractivity contribution in [2.75, 3.05) is 0 Å². The van der Waals surface area contributed by atoms with Gasteiger partial charge in [0.25, 0.3) is 13.4 Å². The summed E-state index contributed by atoms with van der Waals surface area (Å²) in [4.78, 5) is 0. The van der Waals surface area contributed by atoms with Gasteiger partial charge >= 0.3 is 0 Å². The fourth-order valence-electron chi connectivity index (χ4n) is 13.9. The van der Waals surface area contributed by atoms with E-state index in [1.807, 2.05) is 0 Å². The summed E-state index contributed by atoms with van der Waals surface area (Å²) in [7, 11) is 0. The minimum Gasteiger partial charge on any atom is -0.456 e. The highest BCUT2D eigenvalue weighted by Crippen LogP contribution is 2.50. The number of nitrogens with zero attached hydrogens (tertiary/aromatic N) is 2. The summed E-state index contributed by atoms with van der Waals surface area (Å²) in [6.45, 7) is 20.6. The molecule has 0 bridgehead atoms. The van der Waals surface area contributed by atoms with Crippen molar-refractivity contribution in [3.63, 3.8) is 0 Å². The van der Waals surface area contributed by atoms with E-state index in [1.165, 1.54) is 99.0 Å². The Balaban J connectivity index is 1.12. The van der Waals surface area contributed by atoms with E-state index in [0.717, 1.165) is 61.8 Å². The van der Waals surface area contributed by atoms with E-state index in [1.54, 1.807) is 0 Å². The Morgan fingerprint density at radius 3 is 1.27 bits per heavy atom. The van der Waals surface area contributed by atoms with Gasteiger partial charge in [0, 0.05) is 43.5 Å². The van der Waals surface area contributed by atoms with Crippen LogP contribution in [0.25, 0.3) is 88.4 Å². The van der Waals surface area contributed by atoms with Crippen LogP contribution in [-0.4, -0.2) is 22.6 Å². The van der Waals surface area contributed by atoms with Gasteiger partial charge in [0.05, 0.1) is 22.4 Å². The van der Waals surface area contributed by atoms with Crippen molar-refractivity contribution in [3.8, 4) is 67.8 Å². The third-order valence-corrected chi connectivity index (χ3v) is 17.8. The quantitative estimate of drug-likeness (QED) is 0.165. The maximum absolute atomic E-state index is 7.87. The Morgan fingerprint density at radius 1 is 0.321 bits per heavy atom. The molecule has 4 aliphatic heterocycles. The molecule has 12 aromatic rings. The average Bonchev–Trinajstić information content (AvgIpc) is 4.10. The number of ether oxygens (including phenoxy) is 2. The molecular formula is C72H58B2N2O2. The number of hydrogen-bond acceptors (Lipinski definition) is 2. The van der Waals surface area contributed by atoms with Crippen LogP contribution in [0.2, 0.25) is 0 Å². The molecule has 16 rings (SSSR count). The Labute approximate surface area is 457 Å². The molecule has 0 unspecified atom stereocenters. The predicted octanol–water partition coefficient (Wildman–Crippen LogP) is 14.6. The first-order valence-electron chi connectivity index (χ1n) is 27.9. The first kappa shape index (κ1) is 45.7. The summed E-state index contributed by atoms with van der Waals surface area (Å²) < 4.78 is 20.9. The van der Waals surface area contributed by atoms with Gasteiger partial charge in [0.1, 0.15) is 23.0 Å². The second-order valence-corrected chi connectivity index (χ2v) is 25.7. The summed E-state index contributed by atoms with van der Waals surface area (Å²) in [5.41, 5.74) is 24.8. The lowest BCUT2D eigenvalue weighted by Crippen LogP contribution is -2.63. The molecule has 0 saturated carbocycles. The molecular weight excluding hydrogens is 946 g/mol. The third-order valence-electron chi connectivity index (χ3n) is 17.8. The van der Waals surface area contributed by atoms with E-state index in [2.05, 4.69) is 260 Å². The van der Waals surface area contributed by atoms with Crippen LogP contribution in [0.15, 0.2) is 188 Å². The molecule has 374 valence electrons. The van der Waals surface area contributed by atoms with Crippen molar-refractivity contribution in [1.82, 2.24) is 9.13 Å². The minimum absolute atomic E-state index is 0.0532. The van der Waals surface area contributed by atoms with Gasteiger partial charge in [0.2, 0.25) is 0 Å². The van der Waals surface area contributed by atoms with Gasteiger partial charge in [-0.3, -0.25) is 0 Å². The normalized spacial score (nSPS) is 13.9. The monoisotopic (exact) mass is 1000 g/mol. The summed E-state index contributed by atoms with van der Waals surface area (Å²) in [5.74, 6) is 3.58. The van der Waals surface area contributed by atoms with Crippen LogP contribution in [0, 0.1) is 0 Å². The van der Waals surface area contributed by atoms with E-state index in [0.29, 0.717) is 0 Å². The molecule has 78 heavy (non-hydrogen) atoms. The maximum atomic E-state index is 7.87. The van der Waals surface area contributed by atoms with Gasteiger partial charge in [0.15, 0.2) is 0 Å². The molecule has 4 nitrogen and oxygen atoms in total. The second-order valence-electron chi connectivity index (χ2n) is 25.7. The summed E-state index contributed by atoms with van der Waals surface area (Å²) in [6.07, 6.45) is 0. The van der Waals surface area contributed by atoms with Crippen LogP contribution >= 0.6 is 0 Å². The molecule has 0 amide bonds. The Kier molecular flexibility index (Phi) is 9.14. The fourth-order valence-corrected chi connectivity index (χ4v) is 13.9. The zero-order chi connectivity index (χ0) is 52.9. The molecule has 0 saturated heterocycles. The van der Waals surface area contributed by atoms with Gasteiger partial charge in [-0.05, 0) is 137 Å². The van der Waals surface area contributed by atoms with Gasteiger partial charge in [-0.25, -0.2) is 0 Å². The number of rotatable bonds is 3. The van der Waals surface area contributed by atoms with Crippen molar-refractivity contribution in [1.29, 1.82) is 0 Å². The molecule has 0 aliphatic carbocycles. The minimum atomic E-state index is -0.221. The molecule has 6 heteroatoms. The Hall–Kier alpha value is -8.47. The Morgan fingerprint density at radius 2 is 0.705 bits per heavy atom. The van der Waals surface area contributed by atoms with E-state index >= 15 is 0 Å². The van der Waals surface area contributed by atoms with Crippen molar-refractivity contribution in [2.45, 2.75) is 78.6 Å². The van der Waals surface area contributed by atoms with Crippen LogP contribution in [-0.2, 0) is 16.2 Å². The lowest BCUT2D eigenvalue weighted by molar-refractivity contribution is 0.472. The summed E-state index contributed by atoms with van der Waals surface area (Å²) in [5, 5.41) is 4.97. The lowest BCUT2D eigenvalue weighted by atomic mass is 9.31. The summed E-state index contributed by atoms with van der Waals surface area (Å²) >= 11 is 0. The van der Waals surface area contributed by atoms with Crippen LogP contribution in [0.4, 0.5) is 0 Å². The van der Waals surface area contributed by atoms with Crippen molar-refractivity contribution >= 4 is 89.8 Å². The molecule has 6 heterocycles. The molecule has 0 radical (unpaired) electrons. The highest BCUT2D eigenvalue weighted by atomic mass is 16.5. The fraction of sp³-hybridized carbons (Fsp3) is 0.167. The first-order chi connectivity index (χ1) is 37.6. The third kappa shape index (κ3) is 6.32. The Bertz CT molecular complexity index is 4600. The molecule has 0 spiro atoms. The smallest absolute Gasteiger partial charge is 0.256 e. The molecule has 0 fully saturated rings. The highest BCUT2D eigenvalue weighted by Gasteiger charge is 2.51. The number of aromatic nitrogens is 2. The second kappa shape index (κ2) is 15.6. The lowest BCUT2D eigenvalue weighted by Gasteiger charge is -2.41. The van der Waals surface area contributed by atoms with Gasteiger partial charge in [-0.15, -0.1) is 0 Å². The van der Waals surface area contributed by atoms with E-state index in [4.69, 9.17) is 9.47 Å². The molecule has 10 aromatic carbocycles. The zero-order valence-electron chi connectivity index (χ0n) is 45.8. The van der Waals surface area contributed by atoms with E-state index in [-0.39, 0.29) is 29.7 Å². The van der Waals surface area contributed by atoms with Crippen molar-refractivity contribution in [3.05, 3.63) is 205 Å². The number of benzene rings is 10. The summed E-state index contributed by atoms with van der Waals surface area (Å²) in [6, 6.07) is 70.8. The highest BCUT2D eigenvalue weighted by molar-refractivity contribution is 7.02. The standard InChI is InChI=1S/C72H58B2N2O2/c1-70(2,3)47-27-30-59-51(37-47)53-38-49(72(7,8)9)40-57-65(53)76(59)67-63-69(78-61-32-28-48(71(4,5)6)39-55(61)74(57)63)66-62-68(67)77-60-31-26-45(42-21-15-11-16-22-42)35-54(60)73(62)56-36-46(43-23-17-12-18-24-43)34-52-50-33-44(41-19-13-10-14-20-41)25-29-58(50)75(66)64(52)56/h10-40H,1-9H3. The number of hydrogen-bond donors (Lipinski definition) is 0. The zero-order valence-corrected chi connectivity index (χ0v) is 45.8. The van der Waals surface area contributed by atoms with E-state index in [9.17, 15) is 0 Å².